The van der Waals surface area contributed by atoms with E-state index in [0.717, 1.165) is 12.8 Å². The van der Waals surface area contributed by atoms with Crippen LogP contribution in [0.1, 0.15) is 32.3 Å². The van der Waals surface area contributed by atoms with Crippen molar-refractivity contribution in [2.24, 2.45) is 0 Å². The van der Waals surface area contributed by atoms with Gasteiger partial charge in [0.1, 0.15) is 0 Å². The fraction of sp³-hybridized carbons (Fsp3) is 0.375. The lowest BCUT2D eigenvalue weighted by Gasteiger charge is -2.14. The van der Waals surface area contributed by atoms with E-state index in [-0.39, 0.29) is 24.2 Å². The Morgan fingerprint density at radius 3 is 2.39 bits per heavy atom. The van der Waals surface area contributed by atoms with Gasteiger partial charge in [0, 0.05) is 24.3 Å². The minimum atomic E-state index is -0.650. The topological polar surface area (TPSA) is 98.5 Å². The zero-order valence-electron chi connectivity index (χ0n) is 13.2. The van der Waals surface area contributed by atoms with Gasteiger partial charge in [0.15, 0.2) is 6.61 Å². The molecule has 0 aliphatic rings. The zero-order valence-corrected chi connectivity index (χ0v) is 13.2. The predicted octanol–water partition coefficient (Wildman–Crippen LogP) is 2.46. The number of amides is 1. The summed E-state index contributed by atoms with van der Waals surface area (Å²) < 4.78 is 4.83. The summed E-state index contributed by atoms with van der Waals surface area (Å²) in [5, 5.41) is 13.3. The Hall–Kier alpha value is -2.70. The molecule has 0 atom stereocenters. The third-order valence-electron chi connectivity index (χ3n) is 3.21. The van der Waals surface area contributed by atoms with Crippen molar-refractivity contribution in [2.75, 3.05) is 6.61 Å². The van der Waals surface area contributed by atoms with Crippen LogP contribution in [0, 0.1) is 10.1 Å². The summed E-state index contributed by atoms with van der Waals surface area (Å²) in [7, 11) is 0. The quantitative estimate of drug-likeness (QED) is 0.343. The van der Waals surface area contributed by atoms with E-state index in [0.29, 0.717) is 5.56 Å². The Morgan fingerprint density at radius 2 is 1.87 bits per heavy atom. The number of esters is 1. The third-order valence-corrected chi connectivity index (χ3v) is 3.21. The van der Waals surface area contributed by atoms with Crippen molar-refractivity contribution in [3.05, 3.63) is 46.0 Å². The first-order valence-corrected chi connectivity index (χ1v) is 7.34. The summed E-state index contributed by atoms with van der Waals surface area (Å²) in [4.78, 5) is 33.1. The molecule has 0 saturated heterocycles. The number of nitro groups is 1. The van der Waals surface area contributed by atoms with E-state index in [1.165, 1.54) is 36.4 Å². The summed E-state index contributed by atoms with van der Waals surface area (Å²) in [5.41, 5.74) is 0.594. The number of carbonyl (C=O) groups is 2. The normalized spacial score (nSPS) is 10.7. The Labute approximate surface area is 134 Å². The lowest BCUT2D eigenvalue weighted by atomic mass is 10.2. The van der Waals surface area contributed by atoms with Gasteiger partial charge in [0.05, 0.1) is 4.92 Å². The van der Waals surface area contributed by atoms with Gasteiger partial charge in [-0.25, -0.2) is 4.79 Å². The van der Waals surface area contributed by atoms with Crippen LogP contribution in [0.25, 0.3) is 6.08 Å². The summed E-state index contributed by atoms with van der Waals surface area (Å²) >= 11 is 0. The molecule has 0 spiro atoms. The van der Waals surface area contributed by atoms with Crippen molar-refractivity contribution in [1.29, 1.82) is 0 Å². The molecule has 1 rings (SSSR count). The van der Waals surface area contributed by atoms with Crippen LogP contribution >= 0.6 is 0 Å². The number of nitro benzene ring substituents is 1. The summed E-state index contributed by atoms with van der Waals surface area (Å²) in [5.74, 6) is -0.987. The molecule has 0 aliphatic heterocycles. The molecule has 0 aliphatic carbocycles. The molecule has 0 bridgehead atoms. The van der Waals surface area contributed by atoms with Crippen LogP contribution in [0.5, 0.6) is 0 Å². The fourth-order valence-electron chi connectivity index (χ4n) is 1.82. The maximum absolute atomic E-state index is 11.6. The van der Waals surface area contributed by atoms with Crippen molar-refractivity contribution in [2.45, 2.75) is 32.7 Å². The Bertz CT molecular complexity index is 577. The minimum Gasteiger partial charge on any atom is -0.452 e. The van der Waals surface area contributed by atoms with Crippen LogP contribution in [0.15, 0.2) is 30.3 Å². The molecule has 0 unspecified atom stereocenters. The molecule has 0 radical (unpaired) electrons. The van der Waals surface area contributed by atoms with Crippen LogP contribution < -0.4 is 5.32 Å². The molecule has 7 heteroatoms. The molecule has 23 heavy (non-hydrogen) atoms. The van der Waals surface area contributed by atoms with E-state index in [1.54, 1.807) is 0 Å². The Balaban J connectivity index is 2.43. The summed E-state index contributed by atoms with van der Waals surface area (Å²) in [6, 6.07) is 5.79. The van der Waals surface area contributed by atoms with Crippen molar-refractivity contribution in [3.63, 3.8) is 0 Å². The highest BCUT2D eigenvalue weighted by atomic mass is 16.6. The van der Waals surface area contributed by atoms with Gasteiger partial charge in [-0.15, -0.1) is 0 Å². The third kappa shape index (κ3) is 6.73. The lowest BCUT2D eigenvalue weighted by Crippen LogP contribution is -2.36. The van der Waals surface area contributed by atoms with Gasteiger partial charge in [0.2, 0.25) is 0 Å². The number of non-ortho nitro benzene ring substituents is 1. The van der Waals surface area contributed by atoms with Gasteiger partial charge in [-0.2, -0.15) is 0 Å². The second kappa shape index (κ2) is 9.34. The summed E-state index contributed by atoms with van der Waals surface area (Å²) in [6.07, 6.45) is 4.27. The number of carbonyl (C=O) groups excluding carboxylic acids is 2. The van der Waals surface area contributed by atoms with Crippen LogP contribution in [0.4, 0.5) is 5.69 Å². The van der Waals surface area contributed by atoms with Crippen molar-refractivity contribution >= 4 is 23.6 Å². The molecular weight excluding hydrogens is 300 g/mol. The first-order chi connectivity index (χ1) is 11.0. The second-order valence-corrected chi connectivity index (χ2v) is 4.87. The maximum Gasteiger partial charge on any atom is 0.331 e. The van der Waals surface area contributed by atoms with Crippen molar-refractivity contribution in [1.82, 2.24) is 5.32 Å². The van der Waals surface area contributed by atoms with E-state index in [9.17, 15) is 19.7 Å². The second-order valence-electron chi connectivity index (χ2n) is 4.87. The van der Waals surface area contributed by atoms with Gasteiger partial charge in [-0.05, 0) is 36.6 Å². The SMILES string of the molecule is CCC(CC)NC(=O)COC(=O)/C=C/c1ccc([N+](=O)[O-])cc1. The van der Waals surface area contributed by atoms with Gasteiger partial charge in [0.25, 0.3) is 11.6 Å². The number of nitrogens with one attached hydrogen (secondary N) is 1. The molecule has 1 N–H and O–H groups in total. The van der Waals surface area contributed by atoms with Crippen LogP contribution in [-0.2, 0) is 14.3 Å². The van der Waals surface area contributed by atoms with Crippen LogP contribution in [0.2, 0.25) is 0 Å². The smallest absolute Gasteiger partial charge is 0.331 e. The first kappa shape index (κ1) is 18.3. The number of ether oxygens (including phenoxy) is 1. The first-order valence-electron chi connectivity index (χ1n) is 7.34. The molecule has 1 aromatic rings. The average molecular weight is 320 g/mol. The van der Waals surface area contributed by atoms with Gasteiger partial charge in [-0.3, -0.25) is 14.9 Å². The van der Waals surface area contributed by atoms with E-state index in [2.05, 4.69) is 5.32 Å². The molecule has 7 nitrogen and oxygen atoms in total. The molecule has 0 heterocycles. The number of benzene rings is 1. The number of rotatable bonds is 8. The highest BCUT2D eigenvalue weighted by molar-refractivity contribution is 5.89. The molecular formula is C16H20N2O5. The number of hydrogen-bond donors (Lipinski definition) is 1. The highest BCUT2D eigenvalue weighted by Gasteiger charge is 2.09. The Kier molecular flexibility index (Phi) is 7.45. The van der Waals surface area contributed by atoms with Gasteiger partial charge >= 0.3 is 5.97 Å². The van der Waals surface area contributed by atoms with Crippen molar-refractivity contribution < 1.29 is 19.2 Å². The molecule has 124 valence electrons. The van der Waals surface area contributed by atoms with Gasteiger partial charge < -0.3 is 10.1 Å². The molecule has 0 saturated carbocycles. The van der Waals surface area contributed by atoms with E-state index >= 15 is 0 Å². The molecule has 1 amide bonds. The Morgan fingerprint density at radius 1 is 1.26 bits per heavy atom. The van der Waals surface area contributed by atoms with Crippen LogP contribution in [0.3, 0.4) is 0 Å². The predicted molar refractivity (Wildman–Crippen MR) is 85.6 cm³/mol. The number of hydrogen-bond acceptors (Lipinski definition) is 5. The van der Waals surface area contributed by atoms with Gasteiger partial charge in [-0.1, -0.05) is 13.8 Å². The molecule has 0 aromatic heterocycles. The monoisotopic (exact) mass is 320 g/mol. The standard InChI is InChI=1S/C16H20N2O5/c1-3-13(4-2)17-15(19)11-23-16(20)10-7-12-5-8-14(9-6-12)18(21)22/h5-10,13H,3-4,11H2,1-2H3,(H,17,19)/b10-7+. The number of nitrogens with zero attached hydrogens (tertiary/aromatic N) is 1. The molecule has 1 aromatic carbocycles. The van der Waals surface area contributed by atoms with E-state index < -0.39 is 10.9 Å². The van der Waals surface area contributed by atoms with E-state index in [1.807, 2.05) is 13.8 Å². The highest BCUT2D eigenvalue weighted by Crippen LogP contribution is 2.12. The minimum absolute atomic E-state index is 0.0252. The van der Waals surface area contributed by atoms with Crippen molar-refractivity contribution in [3.8, 4) is 0 Å². The fourth-order valence-corrected chi connectivity index (χ4v) is 1.82. The van der Waals surface area contributed by atoms with Crippen LogP contribution in [-0.4, -0.2) is 29.4 Å². The average Bonchev–Trinajstić information content (AvgIpc) is 2.56. The zero-order chi connectivity index (χ0) is 17.2. The van der Waals surface area contributed by atoms with E-state index in [4.69, 9.17) is 4.74 Å². The largest absolute Gasteiger partial charge is 0.452 e. The maximum atomic E-state index is 11.6. The summed E-state index contributed by atoms with van der Waals surface area (Å²) in [6.45, 7) is 3.60. The lowest BCUT2D eigenvalue weighted by molar-refractivity contribution is -0.384. The molecule has 0 fully saturated rings.